The molecule has 0 aromatic rings. The Balaban J connectivity index is 0. The Morgan fingerprint density at radius 3 is 1.57 bits per heavy atom. The molecule has 0 unspecified atom stereocenters. The van der Waals surface area contributed by atoms with Crippen LogP contribution in [0.5, 0.6) is 0 Å². The van der Waals surface area contributed by atoms with Crippen LogP contribution in [-0.2, 0) is 9.59 Å². The summed E-state index contributed by atoms with van der Waals surface area (Å²) in [5.41, 5.74) is 0. The van der Waals surface area contributed by atoms with Crippen LogP contribution in [0, 0.1) is 5.92 Å². The molecule has 0 heterocycles. The molecule has 4 nitrogen and oxygen atoms in total. The van der Waals surface area contributed by atoms with Gasteiger partial charge < -0.3 is 10.2 Å². The first-order valence-corrected chi connectivity index (χ1v) is 4.55. The summed E-state index contributed by atoms with van der Waals surface area (Å²) in [6.07, 6.45) is 9.20. The van der Waals surface area contributed by atoms with Crippen molar-refractivity contribution < 1.29 is 19.8 Å². The maximum absolute atomic E-state index is 8.36. The molecule has 0 aromatic heterocycles. The van der Waals surface area contributed by atoms with E-state index in [4.69, 9.17) is 19.8 Å². The van der Waals surface area contributed by atoms with Crippen molar-refractivity contribution in [1.29, 1.82) is 0 Å². The molecule has 0 bridgehead atoms. The van der Waals surface area contributed by atoms with Gasteiger partial charge in [0.15, 0.2) is 0 Å². The van der Waals surface area contributed by atoms with E-state index in [-0.39, 0.29) is 12.9 Å². The van der Waals surface area contributed by atoms with Crippen LogP contribution < -0.4 is 0 Å². The highest BCUT2D eigenvalue weighted by atomic mass is 16.3. The summed E-state index contributed by atoms with van der Waals surface area (Å²) in [5.74, 6) is 0.851. The molecule has 2 N–H and O–H groups in total. The van der Waals surface area contributed by atoms with Crippen molar-refractivity contribution in [2.75, 3.05) is 0 Å². The van der Waals surface area contributed by atoms with E-state index in [0.717, 1.165) is 5.92 Å². The Morgan fingerprint density at radius 2 is 1.36 bits per heavy atom. The topological polar surface area (TPSA) is 74.6 Å². The molecule has 0 radical (unpaired) electrons. The minimum atomic E-state index is -0.250. The fourth-order valence-corrected chi connectivity index (χ4v) is 1.37. The Morgan fingerprint density at radius 1 is 1.00 bits per heavy atom. The largest absolute Gasteiger partial charge is 0.483 e. The maximum Gasteiger partial charge on any atom is 0.290 e. The minimum Gasteiger partial charge on any atom is -0.483 e. The molecular formula is C10H18O4. The molecule has 0 aliphatic heterocycles. The monoisotopic (exact) mass is 202 g/mol. The molecule has 1 aliphatic rings. The van der Waals surface area contributed by atoms with Crippen molar-refractivity contribution in [3.05, 3.63) is 12.7 Å². The van der Waals surface area contributed by atoms with E-state index < -0.39 is 0 Å². The normalized spacial score (nSPS) is 14.9. The summed E-state index contributed by atoms with van der Waals surface area (Å²) >= 11 is 0. The van der Waals surface area contributed by atoms with Crippen LogP contribution in [0.15, 0.2) is 12.7 Å². The van der Waals surface area contributed by atoms with Crippen LogP contribution in [0.25, 0.3) is 0 Å². The quantitative estimate of drug-likeness (QED) is 0.504. The van der Waals surface area contributed by atoms with Crippen LogP contribution in [0.4, 0.5) is 0 Å². The lowest BCUT2D eigenvalue weighted by atomic mass is 9.90. The van der Waals surface area contributed by atoms with Crippen molar-refractivity contribution in [2.24, 2.45) is 5.92 Å². The van der Waals surface area contributed by atoms with Crippen LogP contribution in [0.2, 0.25) is 0 Å². The molecule has 1 saturated carbocycles. The summed E-state index contributed by atoms with van der Waals surface area (Å²) in [4.78, 5) is 16.7. The zero-order chi connectivity index (χ0) is 11.2. The van der Waals surface area contributed by atoms with Gasteiger partial charge in [-0.25, -0.2) is 0 Å². The highest BCUT2D eigenvalue weighted by Gasteiger charge is 2.07. The van der Waals surface area contributed by atoms with Gasteiger partial charge in [-0.2, -0.15) is 0 Å². The second-order valence-corrected chi connectivity index (χ2v) is 2.84. The van der Waals surface area contributed by atoms with E-state index in [0.29, 0.717) is 0 Å². The first-order valence-electron chi connectivity index (χ1n) is 4.55. The first kappa shape index (κ1) is 15.2. The van der Waals surface area contributed by atoms with Gasteiger partial charge in [0.1, 0.15) is 0 Å². The Bertz CT molecular complexity index is 133. The van der Waals surface area contributed by atoms with Crippen LogP contribution in [-0.4, -0.2) is 23.2 Å². The fourth-order valence-electron chi connectivity index (χ4n) is 1.37. The van der Waals surface area contributed by atoms with Crippen molar-refractivity contribution >= 4 is 12.9 Å². The van der Waals surface area contributed by atoms with Crippen LogP contribution in [0.1, 0.15) is 32.1 Å². The van der Waals surface area contributed by atoms with Gasteiger partial charge in [0.05, 0.1) is 0 Å². The fraction of sp³-hybridized carbons (Fsp3) is 0.600. The third-order valence-corrected chi connectivity index (χ3v) is 1.98. The number of rotatable bonds is 1. The van der Waals surface area contributed by atoms with Gasteiger partial charge in [0.2, 0.25) is 0 Å². The van der Waals surface area contributed by atoms with Gasteiger partial charge >= 0.3 is 0 Å². The van der Waals surface area contributed by atoms with Crippen molar-refractivity contribution in [3.63, 3.8) is 0 Å². The zero-order valence-corrected chi connectivity index (χ0v) is 8.26. The average Bonchev–Trinajstić information content (AvgIpc) is 2.21. The average molecular weight is 202 g/mol. The Hall–Kier alpha value is -1.32. The molecule has 1 fully saturated rings. The highest BCUT2D eigenvalue weighted by molar-refractivity contribution is 5.33. The number of allylic oxidation sites excluding steroid dienone is 1. The number of carbonyl (C=O) groups is 2. The molecule has 4 heteroatoms. The predicted octanol–water partition coefficient (Wildman–Crippen LogP) is 2.15. The van der Waals surface area contributed by atoms with Gasteiger partial charge in [-0.1, -0.05) is 25.3 Å². The standard InChI is InChI=1S/C8H14.2CH2O2/c1-2-8-6-4-3-5-7-8;2*2-1-3/h2,8H,1,3-7H2;2*1H,(H,2,3). The van der Waals surface area contributed by atoms with Gasteiger partial charge in [-0.05, 0) is 18.8 Å². The van der Waals surface area contributed by atoms with E-state index >= 15 is 0 Å². The van der Waals surface area contributed by atoms with Crippen molar-refractivity contribution in [2.45, 2.75) is 32.1 Å². The molecule has 1 aliphatic carbocycles. The molecular weight excluding hydrogens is 184 g/mol. The second kappa shape index (κ2) is 14.2. The van der Waals surface area contributed by atoms with Gasteiger partial charge in [0.25, 0.3) is 12.9 Å². The number of carboxylic acid groups (broad SMARTS) is 2. The molecule has 82 valence electrons. The molecule has 0 spiro atoms. The van der Waals surface area contributed by atoms with E-state index in [1.165, 1.54) is 32.1 Å². The summed E-state index contributed by atoms with van der Waals surface area (Å²) < 4.78 is 0. The summed E-state index contributed by atoms with van der Waals surface area (Å²) in [5, 5.41) is 13.8. The lowest BCUT2D eigenvalue weighted by molar-refractivity contribution is -0.123. The van der Waals surface area contributed by atoms with Gasteiger partial charge in [0, 0.05) is 0 Å². The molecule has 0 aromatic carbocycles. The molecule has 0 amide bonds. The predicted molar refractivity (Wildman–Crippen MR) is 54.2 cm³/mol. The Labute approximate surface area is 84.3 Å². The van der Waals surface area contributed by atoms with Crippen molar-refractivity contribution in [3.8, 4) is 0 Å². The summed E-state index contributed by atoms with van der Waals surface area (Å²) in [6, 6.07) is 0. The maximum atomic E-state index is 8.36. The van der Waals surface area contributed by atoms with Crippen LogP contribution in [0.3, 0.4) is 0 Å². The van der Waals surface area contributed by atoms with E-state index in [1.54, 1.807) is 0 Å². The van der Waals surface area contributed by atoms with Crippen molar-refractivity contribution in [1.82, 2.24) is 0 Å². The molecule has 14 heavy (non-hydrogen) atoms. The number of hydrogen-bond donors (Lipinski definition) is 2. The SMILES string of the molecule is C=CC1CCCCC1.O=CO.O=CO. The van der Waals surface area contributed by atoms with E-state index in [9.17, 15) is 0 Å². The third kappa shape index (κ3) is 13.3. The van der Waals surface area contributed by atoms with E-state index in [1.807, 2.05) is 0 Å². The minimum absolute atomic E-state index is 0.250. The summed E-state index contributed by atoms with van der Waals surface area (Å²) in [6.45, 7) is 3.28. The lowest BCUT2D eigenvalue weighted by Gasteiger charge is -2.16. The van der Waals surface area contributed by atoms with Crippen LogP contribution >= 0.6 is 0 Å². The molecule has 1 rings (SSSR count). The highest BCUT2D eigenvalue weighted by Crippen LogP contribution is 2.23. The van der Waals surface area contributed by atoms with Gasteiger partial charge in [-0.15, -0.1) is 6.58 Å². The summed E-state index contributed by atoms with van der Waals surface area (Å²) in [7, 11) is 0. The Kier molecular flexibility index (Phi) is 15.4. The smallest absolute Gasteiger partial charge is 0.290 e. The molecule has 0 atom stereocenters. The van der Waals surface area contributed by atoms with E-state index in [2.05, 4.69) is 12.7 Å². The molecule has 0 saturated heterocycles. The van der Waals surface area contributed by atoms with Gasteiger partial charge in [-0.3, -0.25) is 9.59 Å². The number of hydrogen-bond acceptors (Lipinski definition) is 2. The lowest BCUT2D eigenvalue weighted by Crippen LogP contribution is -2.01. The third-order valence-electron chi connectivity index (χ3n) is 1.98. The second-order valence-electron chi connectivity index (χ2n) is 2.84. The zero-order valence-electron chi connectivity index (χ0n) is 8.26. The first-order chi connectivity index (χ1) is 6.76.